The van der Waals surface area contributed by atoms with Gasteiger partial charge < -0.3 is 11.1 Å². The maximum absolute atomic E-state index is 12.2. The lowest BCUT2D eigenvalue weighted by Crippen LogP contribution is -2.17. The van der Waals surface area contributed by atoms with Crippen molar-refractivity contribution >= 4 is 0 Å². The van der Waals surface area contributed by atoms with Crippen LogP contribution in [0.5, 0.6) is 0 Å². The summed E-state index contributed by atoms with van der Waals surface area (Å²) in [6.07, 6.45) is 1.05. The van der Waals surface area contributed by atoms with Gasteiger partial charge in [-0.05, 0) is 61.2 Å². The Labute approximate surface area is 144 Å². The molecular weight excluding hydrogens is 306 g/mol. The van der Waals surface area contributed by atoms with Gasteiger partial charge in [-0.1, -0.05) is 38.1 Å². The van der Waals surface area contributed by atoms with Gasteiger partial charge in [0.05, 0.1) is 0 Å². The standard InChI is InChI=1S/C13H22N2.C7H6F2/c1-11(2)13-6-3-5-12(9-13)10-15-8-4-7-14;1-5-2-6(8)4-7(9)3-5/h3,5-6,9,11,15H,4,7-8,10,14H2,1-2H3;2-4H,1H3. The number of rotatable bonds is 6. The Morgan fingerprint density at radius 2 is 1.71 bits per heavy atom. The Kier molecular flexibility index (Phi) is 9.20. The summed E-state index contributed by atoms with van der Waals surface area (Å²) in [5.41, 5.74) is 8.81. The zero-order valence-electron chi connectivity index (χ0n) is 14.8. The van der Waals surface area contributed by atoms with Crippen molar-refractivity contribution in [3.8, 4) is 0 Å². The van der Waals surface area contributed by atoms with Gasteiger partial charge in [0.25, 0.3) is 0 Å². The van der Waals surface area contributed by atoms with Crippen molar-refractivity contribution in [2.75, 3.05) is 13.1 Å². The van der Waals surface area contributed by atoms with E-state index in [-0.39, 0.29) is 0 Å². The normalized spacial score (nSPS) is 10.5. The average Bonchev–Trinajstić information content (AvgIpc) is 2.51. The predicted octanol–water partition coefficient (Wildman–Crippen LogP) is 4.52. The first-order valence-corrected chi connectivity index (χ1v) is 8.34. The highest BCUT2D eigenvalue weighted by atomic mass is 19.1. The monoisotopic (exact) mass is 334 g/mol. The number of halogens is 2. The Morgan fingerprint density at radius 3 is 2.25 bits per heavy atom. The van der Waals surface area contributed by atoms with Crippen LogP contribution in [0.15, 0.2) is 42.5 Å². The van der Waals surface area contributed by atoms with Crippen LogP contribution in [0.2, 0.25) is 0 Å². The molecule has 0 aliphatic carbocycles. The highest BCUT2D eigenvalue weighted by Gasteiger charge is 1.99. The third-order valence-corrected chi connectivity index (χ3v) is 3.51. The molecule has 132 valence electrons. The molecule has 0 heterocycles. The molecule has 0 saturated carbocycles. The SMILES string of the molecule is CC(C)c1cccc(CNCCCN)c1.Cc1cc(F)cc(F)c1. The van der Waals surface area contributed by atoms with Crippen molar-refractivity contribution in [3.63, 3.8) is 0 Å². The largest absolute Gasteiger partial charge is 0.330 e. The van der Waals surface area contributed by atoms with Crippen LogP contribution >= 0.6 is 0 Å². The fourth-order valence-corrected chi connectivity index (χ4v) is 2.21. The maximum Gasteiger partial charge on any atom is 0.126 e. The van der Waals surface area contributed by atoms with Crippen molar-refractivity contribution in [1.82, 2.24) is 5.32 Å². The van der Waals surface area contributed by atoms with Gasteiger partial charge in [-0.2, -0.15) is 0 Å². The number of nitrogens with one attached hydrogen (secondary N) is 1. The fourth-order valence-electron chi connectivity index (χ4n) is 2.21. The summed E-state index contributed by atoms with van der Waals surface area (Å²) in [7, 11) is 0. The summed E-state index contributed by atoms with van der Waals surface area (Å²) < 4.78 is 24.4. The van der Waals surface area contributed by atoms with Gasteiger partial charge in [-0.15, -0.1) is 0 Å². The average molecular weight is 334 g/mol. The zero-order chi connectivity index (χ0) is 17.9. The molecule has 0 amide bonds. The van der Waals surface area contributed by atoms with Gasteiger partial charge in [0.1, 0.15) is 11.6 Å². The summed E-state index contributed by atoms with van der Waals surface area (Å²) in [4.78, 5) is 0. The van der Waals surface area contributed by atoms with Crippen LogP contribution in [0.3, 0.4) is 0 Å². The lowest BCUT2D eigenvalue weighted by molar-refractivity contribution is 0.581. The third-order valence-electron chi connectivity index (χ3n) is 3.51. The lowest BCUT2D eigenvalue weighted by atomic mass is 10.0. The molecule has 0 spiro atoms. The fraction of sp³-hybridized carbons (Fsp3) is 0.400. The first-order valence-electron chi connectivity index (χ1n) is 8.34. The summed E-state index contributed by atoms with van der Waals surface area (Å²) in [6.45, 7) is 8.80. The van der Waals surface area contributed by atoms with Crippen LogP contribution in [-0.2, 0) is 6.54 Å². The molecule has 0 radical (unpaired) electrons. The van der Waals surface area contributed by atoms with Gasteiger partial charge in [-0.25, -0.2) is 8.78 Å². The van der Waals surface area contributed by atoms with E-state index >= 15 is 0 Å². The second kappa shape index (κ2) is 10.9. The summed E-state index contributed by atoms with van der Waals surface area (Å²) in [5.74, 6) is -0.436. The molecule has 0 fully saturated rings. The summed E-state index contributed by atoms with van der Waals surface area (Å²) in [5, 5.41) is 3.39. The molecule has 0 atom stereocenters. The number of hydrogen-bond donors (Lipinski definition) is 2. The lowest BCUT2D eigenvalue weighted by Gasteiger charge is -2.08. The second-order valence-electron chi connectivity index (χ2n) is 6.17. The number of nitrogens with two attached hydrogens (primary N) is 1. The second-order valence-corrected chi connectivity index (χ2v) is 6.17. The van der Waals surface area contributed by atoms with Gasteiger partial charge >= 0.3 is 0 Å². The van der Waals surface area contributed by atoms with Crippen LogP contribution in [0.1, 0.15) is 42.9 Å². The minimum absolute atomic E-state index is 0.521. The molecule has 0 aromatic heterocycles. The van der Waals surface area contributed by atoms with Gasteiger partial charge in [0.15, 0.2) is 0 Å². The molecular formula is C20H28F2N2. The molecule has 24 heavy (non-hydrogen) atoms. The van der Waals surface area contributed by atoms with E-state index in [1.165, 1.54) is 23.3 Å². The Hall–Kier alpha value is -1.78. The minimum atomic E-state index is -0.521. The molecule has 0 unspecified atom stereocenters. The van der Waals surface area contributed by atoms with E-state index in [2.05, 4.69) is 43.4 Å². The van der Waals surface area contributed by atoms with Crippen LogP contribution in [0.25, 0.3) is 0 Å². The first-order chi connectivity index (χ1) is 11.4. The minimum Gasteiger partial charge on any atom is -0.330 e. The molecule has 0 saturated heterocycles. The smallest absolute Gasteiger partial charge is 0.126 e. The topological polar surface area (TPSA) is 38.0 Å². The van der Waals surface area contributed by atoms with E-state index in [0.29, 0.717) is 11.5 Å². The van der Waals surface area contributed by atoms with Gasteiger partial charge in [0, 0.05) is 12.6 Å². The molecule has 4 heteroatoms. The van der Waals surface area contributed by atoms with E-state index in [9.17, 15) is 8.78 Å². The molecule has 0 bridgehead atoms. The van der Waals surface area contributed by atoms with Crippen molar-refractivity contribution in [2.24, 2.45) is 5.73 Å². The molecule has 3 N–H and O–H groups in total. The summed E-state index contributed by atoms with van der Waals surface area (Å²) in [6, 6.07) is 12.2. The molecule has 2 aromatic rings. The highest BCUT2D eigenvalue weighted by molar-refractivity contribution is 5.25. The molecule has 2 aromatic carbocycles. The quantitative estimate of drug-likeness (QED) is 0.762. The van der Waals surface area contributed by atoms with Crippen molar-refractivity contribution in [2.45, 2.75) is 39.7 Å². The van der Waals surface area contributed by atoms with E-state index in [0.717, 1.165) is 32.1 Å². The van der Waals surface area contributed by atoms with E-state index in [4.69, 9.17) is 5.73 Å². The molecule has 0 aliphatic heterocycles. The number of aryl methyl sites for hydroxylation is 1. The summed E-state index contributed by atoms with van der Waals surface area (Å²) >= 11 is 0. The Balaban J connectivity index is 0.000000272. The molecule has 2 rings (SSSR count). The predicted molar refractivity (Wildman–Crippen MR) is 97.0 cm³/mol. The molecule has 0 aliphatic rings. The van der Waals surface area contributed by atoms with Gasteiger partial charge in [0.2, 0.25) is 0 Å². The van der Waals surface area contributed by atoms with E-state index in [1.54, 1.807) is 6.92 Å². The Morgan fingerprint density at radius 1 is 1.04 bits per heavy atom. The number of benzene rings is 2. The number of hydrogen-bond acceptors (Lipinski definition) is 2. The van der Waals surface area contributed by atoms with Crippen molar-refractivity contribution in [1.29, 1.82) is 0 Å². The van der Waals surface area contributed by atoms with Crippen LogP contribution in [0, 0.1) is 18.6 Å². The molecule has 2 nitrogen and oxygen atoms in total. The van der Waals surface area contributed by atoms with Crippen LogP contribution < -0.4 is 11.1 Å². The van der Waals surface area contributed by atoms with E-state index in [1.807, 2.05) is 0 Å². The maximum atomic E-state index is 12.2. The van der Waals surface area contributed by atoms with Gasteiger partial charge in [-0.3, -0.25) is 0 Å². The zero-order valence-corrected chi connectivity index (χ0v) is 14.8. The Bertz CT molecular complexity index is 562. The van der Waals surface area contributed by atoms with Crippen LogP contribution in [0.4, 0.5) is 8.78 Å². The van der Waals surface area contributed by atoms with Crippen molar-refractivity contribution in [3.05, 3.63) is 70.8 Å². The first kappa shape index (κ1) is 20.3. The van der Waals surface area contributed by atoms with E-state index < -0.39 is 11.6 Å². The highest BCUT2D eigenvalue weighted by Crippen LogP contribution is 2.15. The third kappa shape index (κ3) is 8.18. The van der Waals surface area contributed by atoms with Crippen molar-refractivity contribution < 1.29 is 8.78 Å². The van der Waals surface area contributed by atoms with Crippen LogP contribution in [-0.4, -0.2) is 13.1 Å².